The Balaban J connectivity index is 1.32. The fraction of sp³-hybridized carbons (Fsp3) is 0.333. The van der Waals surface area contributed by atoms with E-state index in [2.05, 4.69) is 17.4 Å². The van der Waals surface area contributed by atoms with Crippen LogP contribution in [0.15, 0.2) is 47.4 Å². The van der Waals surface area contributed by atoms with Crippen molar-refractivity contribution in [1.29, 1.82) is 0 Å². The number of carbonyl (C=O) groups is 1. The number of rotatable bonds is 7. The molecule has 7 heteroatoms. The van der Waals surface area contributed by atoms with Crippen molar-refractivity contribution in [3.8, 4) is 11.5 Å². The second-order valence-electron chi connectivity index (χ2n) is 7.64. The molecule has 2 aromatic rings. The molecule has 1 saturated carbocycles. The fourth-order valence-corrected chi connectivity index (χ4v) is 5.12. The van der Waals surface area contributed by atoms with Crippen LogP contribution in [0.5, 0.6) is 11.5 Å². The summed E-state index contributed by atoms with van der Waals surface area (Å²) in [5, 5.41) is 3.18. The van der Waals surface area contributed by atoms with E-state index in [0.29, 0.717) is 39.1 Å². The second-order valence-corrected chi connectivity index (χ2v) is 9.79. The zero-order valence-electron chi connectivity index (χ0n) is 17.1. The van der Waals surface area contributed by atoms with Gasteiger partial charge in [0.1, 0.15) is 29.0 Å². The topological polar surface area (TPSA) is 47.6 Å². The Morgan fingerprint density at radius 3 is 2.52 bits per heavy atom. The molecule has 0 aromatic heterocycles. The van der Waals surface area contributed by atoms with E-state index >= 15 is 0 Å². The largest absolute Gasteiger partial charge is 0.490 e. The van der Waals surface area contributed by atoms with Crippen LogP contribution in [-0.2, 0) is 4.79 Å². The summed E-state index contributed by atoms with van der Waals surface area (Å²) in [7, 11) is 0. The highest BCUT2D eigenvalue weighted by Gasteiger charge is 2.22. The lowest BCUT2D eigenvalue weighted by atomic mass is 9.84. The number of carbonyl (C=O) groups excluding carboxylic acids is 1. The van der Waals surface area contributed by atoms with Gasteiger partial charge in [-0.05, 0) is 60.7 Å². The van der Waals surface area contributed by atoms with Crippen LogP contribution in [0, 0.1) is 0 Å². The molecule has 1 amide bonds. The number of ether oxygens (including phenoxy) is 2. The SMILES string of the molecule is O=C1NC(=S)S/C1=C\c1cc(Cl)ccc1OCCOc1ccc(C2CCCCC2)cc1. The van der Waals surface area contributed by atoms with Gasteiger partial charge in [0.05, 0.1) is 4.91 Å². The molecule has 1 heterocycles. The lowest BCUT2D eigenvalue weighted by Gasteiger charge is -2.22. The highest BCUT2D eigenvalue weighted by atomic mass is 35.5. The Kier molecular flexibility index (Phi) is 7.54. The maximum absolute atomic E-state index is 11.9. The van der Waals surface area contributed by atoms with Crippen LogP contribution >= 0.6 is 35.6 Å². The number of halogens is 1. The summed E-state index contributed by atoms with van der Waals surface area (Å²) in [5.74, 6) is 1.97. The zero-order chi connectivity index (χ0) is 21.6. The lowest BCUT2D eigenvalue weighted by Crippen LogP contribution is -2.17. The van der Waals surface area contributed by atoms with Crippen LogP contribution in [0.1, 0.15) is 49.1 Å². The molecule has 2 fully saturated rings. The van der Waals surface area contributed by atoms with Gasteiger partial charge in [-0.2, -0.15) is 0 Å². The van der Waals surface area contributed by atoms with Gasteiger partial charge < -0.3 is 14.8 Å². The standard InChI is InChI=1S/C24H24ClNO3S2/c25-19-8-11-21(18(14-19)15-22-23(27)26-24(30)31-22)29-13-12-28-20-9-6-17(7-10-20)16-4-2-1-3-5-16/h6-11,14-16H,1-5,12-13H2,(H,26,27,30)/b22-15-. The molecule has 31 heavy (non-hydrogen) atoms. The number of nitrogens with one attached hydrogen (secondary N) is 1. The van der Waals surface area contributed by atoms with Gasteiger partial charge in [-0.25, -0.2) is 0 Å². The molecule has 1 N–H and O–H groups in total. The highest BCUT2D eigenvalue weighted by Crippen LogP contribution is 2.33. The molecule has 0 unspecified atom stereocenters. The van der Waals surface area contributed by atoms with Gasteiger partial charge in [0, 0.05) is 10.6 Å². The first-order valence-electron chi connectivity index (χ1n) is 10.5. The Labute approximate surface area is 197 Å². The molecule has 4 nitrogen and oxygen atoms in total. The number of benzene rings is 2. The molecule has 1 saturated heterocycles. The van der Waals surface area contributed by atoms with Gasteiger partial charge in [0.15, 0.2) is 0 Å². The van der Waals surface area contributed by atoms with E-state index in [1.165, 1.54) is 49.4 Å². The van der Waals surface area contributed by atoms with E-state index in [1.807, 2.05) is 12.1 Å². The predicted molar refractivity (Wildman–Crippen MR) is 131 cm³/mol. The molecule has 0 radical (unpaired) electrons. The summed E-state index contributed by atoms with van der Waals surface area (Å²) in [6, 6.07) is 13.8. The number of thiocarbonyl (C=S) groups is 1. The summed E-state index contributed by atoms with van der Waals surface area (Å²) in [5.41, 5.74) is 2.14. The molecule has 162 valence electrons. The molecular weight excluding hydrogens is 450 g/mol. The molecule has 0 spiro atoms. The minimum Gasteiger partial charge on any atom is -0.490 e. The molecule has 2 aromatic carbocycles. The van der Waals surface area contributed by atoms with Crippen LogP contribution in [0.3, 0.4) is 0 Å². The monoisotopic (exact) mass is 473 g/mol. The normalized spacial score (nSPS) is 18.3. The minimum absolute atomic E-state index is 0.207. The summed E-state index contributed by atoms with van der Waals surface area (Å²) < 4.78 is 12.2. The summed E-state index contributed by atoms with van der Waals surface area (Å²) in [6.07, 6.45) is 8.35. The third kappa shape index (κ3) is 6.03. The molecule has 0 atom stereocenters. The summed E-state index contributed by atoms with van der Waals surface area (Å²) in [4.78, 5) is 12.5. The van der Waals surface area contributed by atoms with E-state index in [-0.39, 0.29) is 5.91 Å². The summed E-state index contributed by atoms with van der Waals surface area (Å²) in [6.45, 7) is 0.792. The third-order valence-electron chi connectivity index (χ3n) is 5.47. The average Bonchev–Trinajstić information content (AvgIpc) is 3.10. The van der Waals surface area contributed by atoms with Crippen LogP contribution in [0.2, 0.25) is 5.02 Å². The zero-order valence-corrected chi connectivity index (χ0v) is 19.5. The average molecular weight is 474 g/mol. The minimum atomic E-state index is -0.207. The van der Waals surface area contributed by atoms with Crippen molar-refractivity contribution in [2.45, 2.75) is 38.0 Å². The van der Waals surface area contributed by atoms with E-state index in [4.69, 9.17) is 33.3 Å². The van der Waals surface area contributed by atoms with Crippen molar-refractivity contribution in [2.24, 2.45) is 0 Å². The van der Waals surface area contributed by atoms with Crippen molar-refractivity contribution in [1.82, 2.24) is 5.32 Å². The Morgan fingerprint density at radius 2 is 1.81 bits per heavy atom. The van der Waals surface area contributed by atoms with Crippen LogP contribution in [0.4, 0.5) is 0 Å². The van der Waals surface area contributed by atoms with Gasteiger partial charge in [0.25, 0.3) is 5.91 Å². The van der Waals surface area contributed by atoms with Gasteiger partial charge in [-0.15, -0.1) is 0 Å². The molecule has 1 aliphatic heterocycles. The molecular formula is C24H24ClNO3S2. The number of hydrogen-bond acceptors (Lipinski definition) is 5. The third-order valence-corrected chi connectivity index (χ3v) is 6.86. The molecule has 0 bridgehead atoms. The lowest BCUT2D eigenvalue weighted by molar-refractivity contribution is -0.115. The van der Waals surface area contributed by atoms with E-state index in [9.17, 15) is 4.79 Å². The second kappa shape index (κ2) is 10.5. The molecule has 4 rings (SSSR count). The highest BCUT2D eigenvalue weighted by molar-refractivity contribution is 8.26. The van der Waals surface area contributed by atoms with Gasteiger partial charge in [-0.1, -0.05) is 67.0 Å². The quantitative estimate of drug-likeness (QED) is 0.289. The fourth-order valence-electron chi connectivity index (χ4n) is 3.91. The molecule has 2 aliphatic rings. The van der Waals surface area contributed by atoms with E-state index < -0.39 is 0 Å². The molecule has 1 aliphatic carbocycles. The maximum atomic E-state index is 11.9. The first kappa shape index (κ1) is 22.2. The smallest absolute Gasteiger partial charge is 0.263 e. The Hall–Kier alpha value is -2.02. The van der Waals surface area contributed by atoms with Gasteiger partial charge in [0.2, 0.25) is 0 Å². The van der Waals surface area contributed by atoms with Crippen molar-refractivity contribution < 1.29 is 14.3 Å². The van der Waals surface area contributed by atoms with Gasteiger partial charge in [-0.3, -0.25) is 4.79 Å². The number of hydrogen-bond donors (Lipinski definition) is 1. The van der Waals surface area contributed by atoms with Crippen molar-refractivity contribution in [3.05, 3.63) is 63.5 Å². The number of thioether (sulfide) groups is 1. The van der Waals surface area contributed by atoms with Crippen molar-refractivity contribution in [3.63, 3.8) is 0 Å². The van der Waals surface area contributed by atoms with E-state index in [0.717, 1.165) is 11.3 Å². The van der Waals surface area contributed by atoms with Crippen LogP contribution in [0.25, 0.3) is 6.08 Å². The summed E-state index contributed by atoms with van der Waals surface area (Å²) >= 11 is 12.4. The van der Waals surface area contributed by atoms with Crippen LogP contribution < -0.4 is 14.8 Å². The maximum Gasteiger partial charge on any atom is 0.263 e. The Bertz CT molecular complexity index is 985. The number of amides is 1. The Morgan fingerprint density at radius 1 is 1.06 bits per heavy atom. The van der Waals surface area contributed by atoms with Crippen LogP contribution in [-0.4, -0.2) is 23.4 Å². The first-order valence-corrected chi connectivity index (χ1v) is 12.1. The van der Waals surface area contributed by atoms with E-state index in [1.54, 1.807) is 24.3 Å². The van der Waals surface area contributed by atoms with Gasteiger partial charge >= 0.3 is 0 Å². The first-order chi connectivity index (χ1) is 15.1. The van der Waals surface area contributed by atoms with Crippen molar-refractivity contribution in [2.75, 3.05) is 13.2 Å². The van der Waals surface area contributed by atoms with Crippen molar-refractivity contribution >= 4 is 51.9 Å². The predicted octanol–water partition coefficient (Wildman–Crippen LogP) is 6.33.